The lowest BCUT2D eigenvalue weighted by Gasteiger charge is -2.35. The Morgan fingerprint density at radius 2 is 1.80 bits per heavy atom. The molecule has 25 heavy (non-hydrogen) atoms. The molecule has 0 unspecified atom stereocenters. The van der Waals surface area contributed by atoms with Gasteiger partial charge in [0.2, 0.25) is 5.88 Å². The first-order valence-electron chi connectivity index (χ1n) is 8.11. The fourth-order valence-corrected chi connectivity index (χ4v) is 2.84. The van der Waals surface area contributed by atoms with E-state index in [1.165, 1.54) is 7.11 Å². The molecule has 1 saturated heterocycles. The summed E-state index contributed by atoms with van der Waals surface area (Å²) in [5.41, 5.74) is 1.35. The number of aliphatic hydroxyl groups excluding tert-OH is 1. The highest BCUT2D eigenvalue weighted by Crippen LogP contribution is 2.33. The van der Waals surface area contributed by atoms with Crippen molar-refractivity contribution in [1.82, 2.24) is 24.8 Å². The lowest BCUT2D eigenvalue weighted by Crippen LogP contribution is -2.47. The Kier molecular flexibility index (Phi) is 5.56. The first-order chi connectivity index (χ1) is 12.3. The zero-order valence-corrected chi connectivity index (χ0v) is 14.4. The summed E-state index contributed by atoms with van der Waals surface area (Å²) in [4.78, 5) is 21.8. The molecule has 0 amide bonds. The minimum absolute atomic E-state index is 0.177. The van der Waals surface area contributed by atoms with Gasteiger partial charge in [0.05, 0.1) is 26.4 Å². The number of rotatable bonds is 6. The second-order valence-corrected chi connectivity index (χ2v) is 5.56. The molecular weight excluding hydrogens is 324 g/mol. The summed E-state index contributed by atoms with van der Waals surface area (Å²) in [5.74, 6) is 1.17. The molecule has 2 aromatic heterocycles. The first-order valence-corrected chi connectivity index (χ1v) is 8.11. The third kappa shape index (κ3) is 3.77. The summed E-state index contributed by atoms with van der Waals surface area (Å²) < 4.78 is 10.4. The Bertz CT molecular complexity index is 706. The highest BCUT2D eigenvalue weighted by Gasteiger charge is 2.23. The number of hydrogen-bond donors (Lipinski definition) is 1. The van der Waals surface area contributed by atoms with Gasteiger partial charge in [0.15, 0.2) is 5.82 Å². The van der Waals surface area contributed by atoms with E-state index < -0.39 is 0 Å². The van der Waals surface area contributed by atoms with E-state index in [-0.39, 0.29) is 12.6 Å². The molecule has 1 aliphatic heterocycles. The number of methoxy groups -OCH3 is 2. The Labute approximate surface area is 146 Å². The van der Waals surface area contributed by atoms with Crippen LogP contribution in [0.4, 0.5) is 5.82 Å². The Morgan fingerprint density at radius 3 is 2.48 bits per heavy atom. The lowest BCUT2D eigenvalue weighted by molar-refractivity contribution is 0.188. The predicted molar refractivity (Wildman–Crippen MR) is 91.9 cm³/mol. The van der Waals surface area contributed by atoms with Gasteiger partial charge in [0, 0.05) is 51.3 Å². The maximum Gasteiger partial charge on any atom is 0.319 e. The lowest BCUT2D eigenvalue weighted by atomic mass is 10.2. The normalized spacial score (nSPS) is 15.2. The van der Waals surface area contributed by atoms with Crippen molar-refractivity contribution in [3.63, 3.8) is 0 Å². The van der Waals surface area contributed by atoms with Crippen molar-refractivity contribution in [2.75, 3.05) is 58.5 Å². The van der Waals surface area contributed by atoms with Gasteiger partial charge < -0.3 is 19.5 Å². The Balaban J connectivity index is 1.90. The van der Waals surface area contributed by atoms with Gasteiger partial charge in [-0.2, -0.15) is 4.98 Å². The van der Waals surface area contributed by atoms with Gasteiger partial charge >= 0.3 is 6.01 Å². The smallest absolute Gasteiger partial charge is 0.319 e. The molecule has 2 aromatic rings. The number of β-amino-alcohol motifs (C(OH)–C–C–N with tert-alkyl or cyclic N) is 1. The molecule has 0 aromatic carbocycles. The molecule has 134 valence electrons. The second-order valence-electron chi connectivity index (χ2n) is 5.56. The molecular formula is C16H22N6O3. The summed E-state index contributed by atoms with van der Waals surface area (Å²) in [6, 6.07) is 0.239. The molecule has 1 fully saturated rings. The van der Waals surface area contributed by atoms with Crippen LogP contribution in [0, 0.1) is 0 Å². The maximum absolute atomic E-state index is 9.08. The fourth-order valence-electron chi connectivity index (χ4n) is 2.84. The minimum Gasteiger partial charge on any atom is -0.480 e. The number of aromatic nitrogens is 4. The SMILES string of the molecule is COc1ncc(-c2nccnc2N2CCN(CCO)CC2)c(OC)n1. The van der Waals surface area contributed by atoms with Crippen molar-refractivity contribution in [2.24, 2.45) is 0 Å². The van der Waals surface area contributed by atoms with Gasteiger partial charge in [-0.15, -0.1) is 0 Å². The predicted octanol–water partition coefficient (Wildman–Crippen LogP) is 0.0651. The highest BCUT2D eigenvalue weighted by molar-refractivity contribution is 5.75. The highest BCUT2D eigenvalue weighted by atomic mass is 16.5. The number of anilines is 1. The van der Waals surface area contributed by atoms with Crippen LogP contribution in [0.1, 0.15) is 0 Å². The summed E-state index contributed by atoms with van der Waals surface area (Å²) in [6.45, 7) is 4.23. The fraction of sp³-hybridized carbons (Fsp3) is 0.500. The molecule has 0 bridgehead atoms. The van der Waals surface area contributed by atoms with Crippen molar-refractivity contribution >= 4 is 5.82 Å². The maximum atomic E-state index is 9.08. The molecule has 0 spiro atoms. The minimum atomic E-state index is 0.177. The van der Waals surface area contributed by atoms with Crippen LogP contribution in [0.3, 0.4) is 0 Å². The van der Waals surface area contributed by atoms with Crippen molar-refractivity contribution in [3.8, 4) is 23.1 Å². The summed E-state index contributed by atoms with van der Waals surface area (Å²) >= 11 is 0. The van der Waals surface area contributed by atoms with E-state index in [4.69, 9.17) is 14.6 Å². The monoisotopic (exact) mass is 346 g/mol. The van der Waals surface area contributed by atoms with Gasteiger partial charge in [-0.25, -0.2) is 9.97 Å². The van der Waals surface area contributed by atoms with Gasteiger partial charge in [-0.3, -0.25) is 9.88 Å². The average Bonchev–Trinajstić information content (AvgIpc) is 2.68. The number of piperazine rings is 1. The molecule has 3 rings (SSSR count). The molecule has 0 saturated carbocycles. The zero-order chi connectivity index (χ0) is 17.6. The molecule has 9 nitrogen and oxygen atoms in total. The molecule has 9 heteroatoms. The molecule has 0 aliphatic carbocycles. The molecule has 0 atom stereocenters. The molecule has 0 radical (unpaired) electrons. The second kappa shape index (κ2) is 8.04. The topological polar surface area (TPSA) is 96.7 Å². The number of aliphatic hydroxyl groups is 1. The quantitative estimate of drug-likeness (QED) is 0.779. The molecule has 1 N–H and O–H groups in total. The van der Waals surface area contributed by atoms with Gasteiger partial charge in [0.1, 0.15) is 5.69 Å². The van der Waals surface area contributed by atoms with E-state index in [2.05, 4.69) is 29.7 Å². The summed E-state index contributed by atoms with van der Waals surface area (Å²) in [5, 5.41) is 9.08. The first kappa shape index (κ1) is 17.3. The van der Waals surface area contributed by atoms with Crippen LogP contribution in [0.2, 0.25) is 0 Å². The van der Waals surface area contributed by atoms with E-state index >= 15 is 0 Å². The van der Waals surface area contributed by atoms with Gasteiger partial charge in [0.25, 0.3) is 0 Å². The summed E-state index contributed by atoms with van der Waals surface area (Å²) in [7, 11) is 3.06. The number of hydrogen-bond acceptors (Lipinski definition) is 9. The molecule has 1 aliphatic rings. The average molecular weight is 346 g/mol. The molecule has 3 heterocycles. The Hall–Kier alpha value is -2.52. The van der Waals surface area contributed by atoms with E-state index in [0.29, 0.717) is 23.7 Å². The third-order valence-corrected chi connectivity index (χ3v) is 4.13. The number of nitrogens with zero attached hydrogens (tertiary/aromatic N) is 6. The van der Waals surface area contributed by atoms with Crippen LogP contribution in [0.5, 0.6) is 11.9 Å². The van der Waals surface area contributed by atoms with Crippen molar-refractivity contribution < 1.29 is 14.6 Å². The largest absolute Gasteiger partial charge is 0.480 e. The standard InChI is InChI=1S/C16H22N6O3/c1-24-15-12(11-19-16(20-15)25-2)13-14(18-4-3-17-13)22-7-5-21(6-8-22)9-10-23/h3-4,11,23H,5-10H2,1-2H3. The van der Waals surface area contributed by atoms with Crippen LogP contribution in [-0.2, 0) is 0 Å². The zero-order valence-electron chi connectivity index (χ0n) is 14.4. The van der Waals surface area contributed by atoms with Crippen molar-refractivity contribution in [1.29, 1.82) is 0 Å². The summed E-state index contributed by atoms with van der Waals surface area (Å²) in [6.07, 6.45) is 4.96. The Morgan fingerprint density at radius 1 is 1.04 bits per heavy atom. The van der Waals surface area contributed by atoms with E-state index in [1.54, 1.807) is 25.7 Å². The van der Waals surface area contributed by atoms with Gasteiger partial charge in [-0.1, -0.05) is 0 Å². The van der Waals surface area contributed by atoms with E-state index in [1.807, 2.05) is 0 Å². The van der Waals surface area contributed by atoms with Crippen molar-refractivity contribution in [3.05, 3.63) is 18.6 Å². The van der Waals surface area contributed by atoms with Crippen LogP contribution in [0.25, 0.3) is 11.3 Å². The van der Waals surface area contributed by atoms with Crippen molar-refractivity contribution in [2.45, 2.75) is 0 Å². The van der Waals surface area contributed by atoms with Crippen LogP contribution in [0.15, 0.2) is 18.6 Å². The third-order valence-electron chi connectivity index (χ3n) is 4.13. The number of ether oxygens (including phenoxy) is 2. The van der Waals surface area contributed by atoms with E-state index in [0.717, 1.165) is 32.0 Å². The van der Waals surface area contributed by atoms with Crippen LogP contribution < -0.4 is 14.4 Å². The van der Waals surface area contributed by atoms with Crippen LogP contribution in [-0.4, -0.2) is 83.5 Å². The van der Waals surface area contributed by atoms with Crippen LogP contribution >= 0.6 is 0 Å². The van der Waals surface area contributed by atoms with Gasteiger partial charge in [-0.05, 0) is 0 Å². The van der Waals surface area contributed by atoms with E-state index in [9.17, 15) is 0 Å².